The molecule has 2 bridgehead atoms. The maximum Gasteiger partial charge on any atom is 0.258 e. The second kappa shape index (κ2) is 8.34. The largest absolute Gasteiger partial charge is 0.467 e. The van der Waals surface area contributed by atoms with Gasteiger partial charge in [0.05, 0.1) is 5.56 Å². The smallest absolute Gasteiger partial charge is 0.258 e. The van der Waals surface area contributed by atoms with Crippen molar-refractivity contribution in [1.82, 2.24) is 15.5 Å². The van der Waals surface area contributed by atoms with Gasteiger partial charge in [0.1, 0.15) is 5.75 Å². The molecule has 3 fully saturated rings. The number of nitrogens with one attached hydrogen (secondary N) is 2. The topological polar surface area (TPSA) is 70.7 Å². The van der Waals surface area contributed by atoms with Crippen LogP contribution in [0.4, 0.5) is 0 Å². The van der Waals surface area contributed by atoms with Gasteiger partial charge in [-0.15, -0.1) is 0 Å². The fourth-order valence-corrected chi connectivity index (χ4v) is 5.47. The van der Waals surface area contributed by atoms with E-state index in [-0.39, 0.29) is 29.6 Å². The Morgan fingerprint density at radius 2 is 2.07 bits per heavy atom. The van der Waals surface area contributed by atoms with Gasteiger partial charge in [0, 0.05) is 24.8 Å². The first kappa shape index (κ1) is 20.2. The van der Waals surface area contributed by atoms with Gasteiger partial charge in [-0.25, -0.2) is 0 Å². The summed E-state index contributed by atoms with van der Waals surface area (Å²) in [4.78, 5) is 27.9. The lowest BCUT2D eigenvalue weighted by Crippen LogP contribution is -2.66. The highest BCUT2D eigenvalue weighted by Crippen LogP contribution is 2.52. The third kappa shape index (κ3) is 3.87. The zero-order chi connectivity index (χ0) is 20.4. The van der Waals surface area contributed by atoms with E-state index in [4.69, 9.17) is 4.74 Å². The summed E-state index contributed by atoms with van der Waals surface area (Å²) in [5, 5.41) is 6.32. The van der Waals surface area contributed by atoms with Crippen molar-refractivity contribution < 1.29 is 14.3 Å². The van der Waals surface area contributed by atoms with E-state index in [1.165, 1.54) is 0 Å². The SMILES string of the molecule is CCN(CC)CCCNC(=O)[C@H]1C[C@H]2CC[C@H]1C[C@]21NC(=O)c2ccccc2O1. The second-order valence-corrected chi connectivity index (χ2v) is 8.69. The van der Waals surface area contributed by atoms with Gasteiger partial charge in [0.2, 0.25) is 5.91 Å². The third-order valence-electron chi connectivity index (χ3n) is 7.15. The summed E-state index contributed by atoms with van der Waals surface area (Å²) in [6.07, 6.45) is 4.52. The Labute approximate surface area is 173 Å². The molecule has 3 aliphatic carbocycles. The fourth-order valence-electron chi connectivity index (χ4n) is 5.47. The minimum Gasteiger partial charge on any atom is -0.467 e. The second-order valence-electron chi connectivity index (χ2n) is 8.69. The van der Waals surface area contributed by atoms with E-state index in [9.17, 15) is 9.59 Å². The number of hydrogen-bond acceptors (Lipinski definition) is 4. The van der Waals surface area contributed by atoms with E-state index in [0.717, 1.165) is 58.3 Å². The van der Waals surface area contributed by atoms with Crippen molar-refractivity contribution >= 4 is 11.8 Å². The molecule has 1 aromatic carbocycles. The Morgan fingerprint density at radius 1 is 1.28 bits per heavy atom. The molecular weight excluding hydrogens is 366 g/mol. The average molecular weight is 400 g/mol. The van der Waals surface area contributed by atoms with Crippen LogP contribution >= 0.6 is 0 Å². The molecule has 4 aliphatic rings. The average Bonchev–Trinajstić information content (AvgIpc) is 2.74. The molecule has 1 spiro atoms. The Bertz CT molecular complexity index is 763. The molecule has 158 valence electrons. The van der Waals surface area contributed by atoms with Crippen LogP contribution in [0.25, 0.3) is 0 Å². The van der Waals surface area contributed by atoms with Crippen LogP contribution in [0.5, 0.6) is 5.75 Å². The minimum absolute atomic E-state index is 0.0329. The van der Waals surface area contributed by atoms with Crippen LogP contribution in [0.1, 0.15) is 56.3 Å². The van der Waals surface area contributed by atoms with Gasteiger partial charge in [-0.1, -0.05) is 26.0 Å². The number of rotatable bonds is 7. The lowest BCUT2D eigenvalue weighted by Gasteiger charge is -2.55. The number of carbonyl (C=O) groups excluding carboxylic acids is 2. The molecule has 6 nitrogen and oxygen atoms in total. The summed E-state index contributed by atoms with van der Waals surface area (Å²) in [6.45, 7) is 8.19. The van der Waals surface area contributed by atoms with Crippen molar-refractivity contribution in [2.24, 2.45) is 17.8 Å². The molecule has 0 radical (unpaired) electrons. The summed E-state index contributed by atoms with van der Waals surface area (Å²) < 4.78 is 6.37. The first-order valence-corrected chi connectivity index (χ1v) is 11.2. The molecule has 5 rings (SSSR count). The molecule has 1 aromatic rings. The normalized spacial score (nSPS) is 30.0. The number of fused-ring (bicyclic) bond motifs is 3. The predicted octanol–water partition coefficient (Wildman–Crippen LogP) is 2.79. The Balaban J connectivity index is 1.36. The number of nitrogens with zero attached hydrogens (tertiary/aromatic N) is 1. The molecule has 1 heterocycles. The summed E-state index contributed by atoms with van der Waals surface area (Å²) in [5.74, 6) is 1.25. The van der Waals surface area contributed by atoms with Crippen LogP contribution in [0.15, 0.2) is 24.3 Å². The standard InChI is InChI=1S/C23H33N3O3/c1-3-26(4-2)13-7-12-24-21(27)19-14-17-11-10-16(19)15-23(17)25-22(28)18-8-5-6-9-20(18)29-23/h5-6,8-9,16-17,19H,3-4,7,10-15H2,1-2H3,(H,24,27)(H,25,28)/t16-,17+,19-,23+/m0/s1. The van der Waals surface area contributed by atoms with Gasteiger partial charge in [0.15, 0.2) is 5.72 Å². The minimum atomic E-state index is -0.645. The lowest BCUT2D eigenvalue weighted by atomic mass is 9.60. The van der Waals surface area contributed by atoms with Crippen LogP contribution in [0.3, 0.4) is 0 Å². The number of para-hydroxylation sites is 1. The van der Waals surface area contributed by atoms with Crippen LogP contribution in [-0.2, 0) is 4.79 Å². The quantitative estimate of drug-likeness (QED) is 0.692. The van der Waals surface area contributed by atoms with Crippen molar-refractivity contribution in [2.45, 2.75) is 51.7 Å². The number of carbonyl (C=O) groups is 2. The van der Waals surface area contributed by atoms with Crippen molar-refractivity contribution in [3.8, 4) is 5.75 Å². The summed E-state index contributed by atoms with van der Waals surface area (Å²) >= 11 is 0. The Morgan fingerprint density at radius 3 is 2.79 bits per heavy atom. The molecule has 3 saturated carbocycles. The summed E-state index contributed by atoms with van der Waals surface area (Å²) in [5.41, 5.74) is -0.0458. The first-order valence-electron chi connectivity index (χ1n) is 11.2. The van der Waals surface area contributed by atoms with Gasteiger partial charge in [-0.3, -0.25) is 9.59 Å². The number of amides is 2. The van der Waals surface area contributed by atoms with Crippen LogP contribution in [0.2, 0.25) is 0 Å². The van der Waals surface area contributed by atoms with Crippen molar-refractivity contribution in [3.63, 3.8) is 0 Å². The van der Waals surface area contributed by atoms with E-state index in [2.05, 4.69) is 29.4 Å². The number of hydrogen-bond donors (Lipinski definition) is 2. The number of benzene rings is 1. The van der Waals surface area contributed by atoms with E-state index >= 15 is 0 Å². The summed E-state index contributed by atoms with van der Waals surface area (Å²) in [7, 11) is 0. The van der Waals surface area contributed by atoms with E-state index < -0.39 is 5.72 Å². The molecule has 2 amide bonds. The third-order valence-corrected chi connectivity index (χ3v) is 7.15. The zero-order valence-corrected chi connectivity index (χ0v) is 17.6. The highest BCUT2D eigenvalue weighted by molar-refractivity contribution is 5.98. The maximum atomic E-state index is 12.9. The Hall–Kier alpha value is -2.08. The van der Waals surface area contributed by atoms with Crippen LogP contribution < -0.4 is 15.4 Å². The van der Waals surface area contributed by atoms with Crippen LogP contribution in [0, 0.1) is 17.8 Å². The molecule has 6 heteroatoms. The molecule has 4 atom stereocenters. The van der Waals surface area contributed by atoms with E-state index in [1.807, 2.05) is 18.2 Å². The molecule has 0 unspecified atom stereocenters. The van der Waals surface area contributed by atoms with Gasteiger partial charge >= 0.3 is 0 Å². The van der Waals surface area contributed by atoms with Gasteiger partial charge in [-0.2, -0.15) is 0 Å². The molecule has 0 aromatic heterocycles. The molecular formula is C23H33N3O3. The van der Waals surface area contributed by atoms with Crippen LogP contribution in [-0.4, -0.2) is 48.6 Å². The lowest BCUT2D eigenvalue weighted by molar-refractivity contribution is -0.146. The van der Waals surface area contributed by atoms with Crippen molar-refractivity contribution in [3.05, 3.63) is 29.8 Å². The monoisotopic (exact) mass is 399 g/mol. The molecule has 29 heavy (non-hydrogen) atoms. The fraction of sp³-hybridized carbons (Fsp3) is 0.652. The Kier molecular flexibility index (Phi) is 5.81. The van der Waals surface area contributed by atoms with E-state index in [0.29, 0.717) is 11.3 Å². The van der Waals surface area contributed by atoms with Gasteiger partial charge in [-0.05, 0) is 63.4 Å². The molecule has 1 aliphatic heterocycles. The maximum absolute atomic E-state index is 12.9. The number of ether oxygens (including phenoxy) is 1. The molecule has 0 saturated heterocycles. The highest BCUT2D eigenvalue weighted by Gasteiger charge is 2.57. The zero-order valence-electron chi connectivity index (χ0n) is 17.6. The highest BCUT2D eigenvalue weighted by atomic mass is 16.5. The van der Waals surface area contributed by atoms with Crippen molar-refractivity contribution in [2.75, 3.05) is 26.2 Å². The summed E-state index contributed by atoms with van der Waals surface area (Å²) in [6, 6.07) is 7.43. The first-order chi connectivity index (χ1) is 14.1. The molecule has 2 N–H and O–H groups in total. The van der Waals surface area contributed by atoms with Gasteiger partial charge in [0.25, 0.3) is 5.91 Å². The van der Waals surface area contributed by atoms with Crippen molar-refractivity contribution in [1.29, 1.82) is 0 Å². The van der Waals surface area contributed by atoms with E-state index in [1.54, 1.807) is 6.07 Å². The van der Waals surface area contributed by atoms with Gasteiger partial charge < -0.3 is 20.3 Å². The predicted molar refractivity (Wildman–Crippen MR) is 112 cm³/mol.